The van der Waals surface area contributed by atoms with E-state index in [4.69, 9.17) is 14.9 Å². The normalized spacial score (nSPS) is 10.0. The monoisotopic (exact) mass is 358 g/mol. The number of carboxylic acid groups (broad SMARTS) is 1. The Morgan fingerprint density at radius 2 is 1.46 bits per heavy atom. The van der Waals surface area contributed by atoms with Crippen molar-refractivity contribution in [2.24, 2.45) is 0 Å². The van der Waals surface area contributed by atoms with Gasteiger partial charge in [-0.1, -0.05) is 43.3 Å². The first-order valence-electron chi connectivity index (χ1n) is 8.08. The van der Waals surface area contributed by atoms with E-state index in [1.165, 1.54) is 18.2 Å². The average molecular weight is 358 g/mol. The number of carboxylic acids is 1. The Kier molecular flexibility index (Phi) is 9.03. The van der Waals surface area contributed by atoms with Crippen LogP contribution in [0.15, 0.2) is 60.7 Å². The van der Waals surface area contributed by atoms with Gasteiger partial charge in [0, 0.05) is 0 Å². The van der Waals surface area contributed by atoms with Crippen LogP contribution in [0.25, 0.3) is 0 Å². The molecule has 0 aliphatic carbocycles. The van der Waals surface area contributed by atoms with Gasteiger partial charge in [-0.2, -0.15) is 0 Å². The first-order chi connectivity index (χ1) is 12.5. The summed E-state index contributed by atoms with van der Waals surface area (Å²) in [5.74, 6) is -1.84. The Balaban J connectivity index is 0.000000289. The number of esters is 1. The topological polar surface area (TPSA) is 104 Å². The van der Waals surface area contributed by atoms with Gasteiger partial charge in [0.1, 0.15) is 22.6 Å². The number of para-hydroxylation sites is 2. The summed E-state index contributed by atoms with van der Waals surface area (Å²) < 4.78 is 5.01. The number of aromatic hydroxyl groups is 2. The standard InChI is InChI=1S/C13H16O3.C7H6O3/c1-2-3-4-7-10-16-13(15)11-8-5-6-9-12(11)14;8-6-4-2-1-3-5(6)7(9)10/h3-6,8-9,14H,2,7,10H2,1H3;1-4,8H,(H,9,10). The van der Waals surface area contributed by atoms with E-state index in [0.29, 0.717) is 13.0 Å². The molecule has 0 aliphatic rings. The van der Waals surface area contributed by atoms with E-state index in [9.17, 15) is 14.7 Å². The smallest absolute Gasteiger partial charge is 0.341 e. The van der Waals surface area contributed by atoms with Gasteiger partial charge in [0.25, 0.3) is 0 Å². The third-order valence-corrected chi connectivity index (χ3v) is 3.18. The lowest BCUT2D eigenvalue weighted by Gasteiger charge is -2.04. The molecule has 2 rings (SSSR count). The van der Waals surface area contributed by atoms with E-state index in [1.54, 1.807) is 30.3 Å². The van der Waals surface area contributed by atoms with Gasteiger partial charge in [-0.3, -0.25) is 0 Å². The first kappa shape index (κ1) is 20.8. The molecule has 0 bridgehead atoms. The van der Waals surface area contributed by atoms with Crippen LogP contribution in [0.4, 0.5) is 0 Å². The number of benzene rings is 2. The van der Waals surface area contributed by atoms with E-state index in [1.807, 2.05) is 19.1 Å². The highest BCUT2D eigenvalue weighted by Gasteiger charge is 2.10. The average Bonchev–Trinajstić information content (AvgIpc) is 2.62. The molecule has 6 heteroatoms. The molecule has 2 aromatic rings. The maximum Gasteiger partial charge on any atom is 0.341 e. The molecule has 0 radical (unpaired) electrons. The number of ether oxygens (including phenoxy) is 1. The third kappa shape index (κ3) is 7.09. The van der Waals surface area contributed by atoms with Crippen LogP contribution in [-0.4, -0.2) is 33.9 Å². The van der Waals surface area contributed by atoms with Crippen molar-refractivity contribution >= 4 is 11.9 Å². The second kappa shape index (κ2) is 11.3. The van der Waals surface area contributed by atoms with Crippen molar-refractivity contribution in [3.05, 3.63) is 71.8 Å². The largest absolute Gasteiger partial charge is 0.507 e. The fourth-order valence-corrected chi connectivity index (χ4v) is 1.88. The fraction of sp³-hybridized carbons (Fsp3) is 0.200. The summed E-state index contributed by atoms with van der Waals surface area (Å²) in [6, 6.07) is 12.2. The van der Waals surface area contributed by atoms with Crippen LogP contribution in [0, 0.1) is 0 Å². The number of allylic oxidation sites excluding steroid dienone is 1. The Labute approximate surface area is 152 Å². The zero-order valence-electron chi connectivity index (χ0n) is 14.5. The summed E-state index contributed by atoms with van der Waals surface area (Å²) in [6.45, 7) is 2.38. The molecule has 0 saturated carbocycles. The SMILES string of the molecule is CCC=CCCOC(=O)c1ccccc1O.O=C(O)c1ccccc1O. The van der Waals surface area contributed by atoms with E-state index in [0.717, 1.165) is 6.42 Å². The number of aromatic carboxylic acids is 1. The second-order valence-electron chi connectivity index (χ2n) is 5.14. The molecule has 0 amide bonds. The Morgan fingerprint density at radius 3 is 1.92 bits per heavy atom. The Bertz CT molecular complexity index is 751. The lowest BCUT2D eigenvalue weighted by molar-refractivity contribution is 0.0508. The maximum absolute atomic E-state index is 11.5. The van der Waals surface area contributed by atoms with Crippen LogP contribution >= 0.6 is 0 Å². The van der Waals surface area contributed by atoms with Crippen molar-refractivity contribution in [3.63, 3.8) is 0 Å². The van der Waals surface area contributed by atoms with Gasteiger partial charge in [0.15, 0.2) is 0 Å². The minimum atomic E-state index is -1.11. The van der Waals surface area contributed by atoms with Crippen molar-refractivity contribution in [3.8, 4) is 11.5 Å². The van der Waals surface area contributed by atoms with Crippen molar-refractivity contribution < 1.29 is 29.6 Å². The van der Waals surface area contributed by atoms with Gasteiger partial charge in [-0.05, 0) is 37.1 Å². The van der Waals surface area contributed by atoms with Crippen LogP contribution in [0.3, 0.4) is 0 Å². The summed E-state index contributed by atoms with van der Waals surface area (Å²) in [6.07, 6.45) is 5.67. The summed E-state index contributed by atoms with van der Waals surface area (Å²) >= 11 is 0. The van der Waals surface area contributed by atoms with Crippen LogP contribution in [0.2, 0.25) is 0 Å². The summed E-state index contributed by atoms with van der Waals surface area (Å²) in [7, 11) is 0. The maximum atomic E-state index is 11.5. The second-order valence-corrected chi connectivity index (χ2v) is 5.14. The molecule has 0 spiro atoms. The number of carbonyl (C=O) groups is 2. The molecule has 0 saturated heterocycles. The summed E-state index contributed by atoms with van der Waals surface area (Å²) in [5.41, 5.74) is 0.143. The first-order valence-corrected chi connectivity index (χ1v) is 8.08. The van der Waals surface area contributed by atoms with Gasteiger partial charge in [-0.25, -0.2) is 9.59 Å². The molecule has 0 atom stereocenters. The molecule has 6 nitrogen and oxygen atoms in total. The minimum absolute atomic E-state index is 0.0448. The van der Waals surface area contributed by atoms with E-state index < -0.39 is 11.9 Å². The van der Waals surface area contributed by atoms with Crippen molar-refractivity contribution in [2.75, 3.05) is 6.61 Å². The van der Waals surface area contributed by atoms with Gasteiger partial charge < -0.3 is 20.1 Å². The summed E-state index contributed by atoms with van der Waals surface area (Å²) in [4.78, 5) is 21.8. The van der Waals surface area contributed by atoms with E-state index in [-0.39, 0.29) is 22.6 Å². The lowest BCUT2D eigenvalue weighted by Crippen LogP contribution is -2.06. The van der Waals surface area contributed by atoms with Crippen molar-refractivity contribution in [1.82, 2.24) is 0 Å². The van der Waals surface area contributed by atoms with Crippen LogP contribution in [0.5, 0.6) is 11.5 Å². The lowest BCUT2D eigenvalue weighted by atomic mass is 10.2. The number of phenols is 2. The van der Waals surface area contributed by atoms with Crippen molar-refractivity contribution in [2.45, 2.75) is 19.8 Å². The minimum Gasteiger partial charge on any atom is -0.507 e. The Hall–Kier alpha value is -3.28. The molecule has 2 aromatic carbocycles. The molecular weight excluding hydrogens is 336 g/mol. The van der Waals surface area contributed by atoms with E-state index >= 15 is 0 Å². The van der Waals surface area contributed by atoms with Crippen LogP contribution in [0.1, 0.15) is 40.5 Å². The molecule has 26 heavy (non-hydrogen) atoms. The highest BCUT2D eigenvalue weighted by atomic mass is 16.5. The molecule has 0 fully saturated rings. The molecule has 0 aliphatic heterocycles. The highest BCUT2D eigenvalue weighted by Crippen LogP contribution is 2.16. The van der Waals surface area contributed by atoms with E-state index in [2.05, 4.69) is 0 Å². The zero-order valence-corrected chi connectivity index (χ0v) is 14.5. The summed E-state index contributed by atoms with van der Waals surface area (Å²) in [5, 5.41) is 26.7. The number of phenolic OH excluding ortho intramolecular Hbond substituents is 1. The van der Waals surface area contributed by atoms with Gasteiger partial charge in [-0.15, -0.1) is 0 Å². The quantitative estimate of drug-likeness (QED) is 0.410. The highest BCUT2D eigenvalue weighted by molar-refractivity contribution is 5.92. The molecule has 138 valence electrons. The molecule has 0 unspecified atom stereocenters. The van der Waals surface area contributed by atoms with Gasteiger partial charge >= 0.3 is 11.9 Å². The fourth-order valence-electron chi connectivity index (χ4n) is 1.88. The number of hydrogen-bond acceptors (Lipinski definition) is 5. The number of hydrogen-bond donors (Lipinski definition) is 3. The molecule has 0 heterocycles. The third-order valence-electron chi connectivity index (χ3n) is 3.18. The Morgan fingerprint density at radius 1 is 0.923 bits per heavy atom. The predicted molar refractivity (Wildman–Crippen MR) is 97.5 cm³/mol. The zero-order chi connectivity index (χ0) is 19.4. The molecule has 0 aromatic heterocycles. The van der Waals surface area contributed by atoms with Gasteiger partial charge in [0.2, 0.25) is 0 Å². The molecular formula is C20H22O6. The van der Waals surface area contributed by atoms with Crippen molar-refractivity contribution in [1.29, 1.82) is 0 Å². The molecule has 3 N–H and O–H groups in total. The van der Waals surface area contributed by atoms with Crippen LogP contribution in [-0.2, 0) is 4.74 Å². The number of rotatable bonds is 6. The van der Waals surface area contributed by atoms with Crippen LogP contribution < -0.4 is 0 Å². The predicted octanol–water partition coefficient (Wildman–Crippen LogP) is 4.00. The number of carbonyl (C=O) groups excluding carboxylic acids is 1. The van der Waals surface area contributed by atoms with Gasteiger partial charge in [0.05, 0.1) is 6.61 Å².